The molecule has 0 fully saturated rings. The molecule has 1 rings (SSSR count). The number of urea groups is 1. The van der Waals surface area contributed by atoms with E-state index in [1.165, 1.54) is 6.07 Å². The van der Waals surface area contributed by atoms with Crippen molar-refractivity contribution < 1.29 is 18.7 Å². The number of amides is 2. The third kappa shape index (κ3) is 5.85. The molecule has 104 valence electrons. The molecule has 1 aromatic carbocycles. The van der Waals surface area contributed by atoms with E-state index in [0.29, 0.717) is 12.2 Å². The quantitative estimate of drug-likeness (QED) is 0.770. The molecule has 0 heterocycles. The Morgan fingerprint density at radius 1 is 1.26 bits per heavy atom. The molecule has 0 bridgehead atoms. The minimum absolute atomic E-state index is 0.0952. The Morgan fingerprint density at radius 3 is 2.68 bits per heavy atom. The summed E-state index contributed by atoms with van der Waals surface area (Å²) in [7, 11) is 0. The lowest BCUT2D eigenvalue weighted by atomic mass is 10.2. The normalized spacial score (nSPS) is 9.79. The fourth-order valence-electron chi connectivity index (χ4n) is 1.39. The van der Waals surface area contributed by atoms with Crippen molar-refractivity contribution in [2.75, 3.05) is 13.2 Å². The van der Waals surface area contributed by atoms with Crippen LogP contribution in [-0.4, -0.2) is 25.2 Å². The molecular weight excluding hydrogens is 251 g/mol. The lowest BCUT2D eigenvalue weighted by molar-refractivity contribution is -0.142. The summed E-state index contributed by atoms with van der Waals surface area (Å²) in [6, 6.07) is 5.74. The zero-order valence-corrected chi connectivity index (χ0v) is 10.7. The summed E-state index contributed by atoms with van der Waals surface area (Å²) in [4.78, 5) is 22.4. The predicted octanol–water partition coefficient (Wildman–Crippen LogP) is 1.58. The third-order valence-electron chi connectivity index (χ3n) is 2.32. The van der Waals surface area contributed by atoms with E-state index in [1.807, 2.05) is 0 Å². The van der Waals surface area contributed by atoms with Gasteiger partial charge in [-0.25, -0.2) is 9.18 Å². The van der Waals surface area contributed by atoms with Crippen LogP contribution in [-0.2, 0) is 16.1 Å². The van der Waals surface area contributed by atoms with Gasteiger partial charge in [0.1, 0.15) is 5.82 Å². The van der Waals surface area contributed by atoms with Gasteiger partial charge in [0.2, 0.25) is 0 Å². The van der Waals surface area contributed by atoms with Crippen LogP contribution >= 0.6 is 0 Å². The van der Waals surface area contributed by atoms with Crippen molar-refractivity contribution in [3.8, 4) is 0 Å². The first-order chi connectivity index (χ1) is 9.13. The molecule has 1 aromatic rings. The van der Waals surface area contributed by atoms with Crippen molar-refractivity contribution in [1.82, 2.24) is 10.6 Å². The van der Waals surface area contributed by atoms with Gasteiger partial charge in [0, 0.05) is 18.7 Å². The molecule has 0 saturated carbocycles. The number of rotatable bonds is 6. The minimum Gasteiger partial charge on any atom is -0.466 e. The highest BCUT2D eigenvalue weighted by Crippen LogP contribution is 2.05. The van der Waals surface area contributed by atoms with Gasteiger partial charge in [-0.1, -0.05) is 18.2 Å². The highest BCUT2D eigenvalue weighted by atomic mass is 19.1. The summed E-state index contributed by atoms with van der Waals surface area (Å²) in [6.07, 6.45) is 0.112. The largest absolute Gasteiger partial charge is 0.466 e. The number of hydrogen-bond donors (Lipinski definition) is 2. The molecule has 2 N–H and O–H groups in total. The Bertz CT molecular complexity index is 438. The van der Waals surface area contributed by atoms with E-state index < -0.39 is 6.03 Å². The number of nitrogens with one attached hydrogen (secondary N) is 2. The molecule has 19 heavy (non-hydrogen) atoms. The highest BCUT2D eigenvalue weighted by Gasteiger charge is 2.05. The number of carbonyl (C=O) groups is 2. The van der Waals surface area contributed by atoms with Gasteiger partial charge in [-0.15, -0.1) is 0 Å². The summed E-state index contributed by atoms with van der Waals surface area (Å²) in [5, 5.41) is 4.99. The van der Waals surface area contributed by atoms with Crippen LogP contribution in [0, 0.1) is 5.82 Å². The van der Waals surface area contributed by atoms with E-state index in [-0.39, 0.29) is 31.3 Å². The Hall–Kier alpha value is -2.11. The van der Waals surface area contributed by atoms with Crippen LogP contribution in [0.1, 0.15) is 18.9 Å². The second-order valence-electron chi connectivity index (χ2n) is 3.76. The highest BCUT2D eigenvalue weighted by molar-refractivity contribution is 5.75. The second-order valence-corrected chi connectivity index (χ2v) is 3.76. The molecule has 0 aromatic heterocycles. The van der Waals surface area contributed by atoms with E-state index in [1.54, 1.807) is 25.1 Å². The molecule has 0 saturated heterocycles. The smallest absolute Gasteiger partial charge is 0.315 e. The van der Waals surface area contributed by atoms with Crippen LogP contribution in [0.2, 0.25) is 0 Å². The average molecular weight is 268 g/mol. The topological polar surface area (TPSA) is 67.4 Å². The van der Waals surface area contributed by atoms with Gasteiger partial charge >= 0.3 is 12.0 Å². The van der Waals surface area contributed by atoms with E-state index in [9.17, 15) is 14.0 Å². The first-order valence-corrected chi connectivity index (χ1v) is 6.04. The van der Waals surface area contributed by atoms with Crippen molar-refractivity contribution in [2.24, 2.45) is 0 Å². The third-order valence-corrected chi connectivity index (χ3v) is 2.32. The van der Waals surface area contributed by atoms with Crippen LogP contribution in [0.15, 0.2) is 24.3 Å². The molecule has 0 spiro atoms. The van der Waals surface area contributed by atoms with Gasteiger partial charge in [-0.05, 0) is 13.0 Å². The number of esters is 1. The molecule has 0 unspecified atom stereocenters. The van der Waals surface area contributed by atoms with E-state index in [0.717, 1.165) is 0 Å². The van der Waals surface area contributed by atoms with Gasteiger partial charge in [0.25, 0.3) is 0 Å². The predicted molar refractivity (Wildman–Crippen MR) is 67.9 cm³/mol. The minimum atomic E-state index is -0.451. The summed E-state index contributed by atoms with van der Waals surface area (Å²) < 4.78 is 18.0. The Morgan fingerprint density at radius 2 is 2.00 bits per heavy atom. The maximum atomic E-state index is 13.2. The summed E-state index contributed by atoms with van der Waals surface area (Å²) in [5.41, 5.74) is 0.406. The molecular formula is C13H17FN2O3. The molecule has 0 aliphatic carbocycles. The summed E-state index contributed by atoms with van der Waals surface area (Å²) in [6.45, 7) is 2.31. The number of hydrogen-bond acceptors (Lipinski definition) is 3. The van der Waals surface area contributed by atoms with Crippen molar-refractivity contribution in [1.29, 1.82) is 0 Å². The second kappa shape index (κ2) is 8.07. The lowest BCUT2D eigenvalue weighted by Crippen LogP contribution is -2.36. The zero-order chi connectivity index (χ0) is 14.1. The van der Waals surface area contributed by atoms with Gasteiger partial charge in [-0.2, -0.15) is 0 Å². The Balaban J connectivity index is 2.22. The molecule has 5 nitrogen and oxygen atoms in total. The van der Waals surface area contributed by atoms with Crippen LogP contribution in [0.3, 0.4) is 0 Å². The van der Waals surface area contributed by atoms with Gasteiger partial charge in [-0.3, -0.25) is 4.79 Å². The maximum absolute atomic E-state index is 13.2. The molecule has 0 aliphatic rings. The lowest BCUT2D eigenvalue weighted by Gasteiger charge is -2.08. The average Bonchev–Trinajstić information content (AvgIpc) is 2.38. The fraction of sp³-hybridized carbons (Fsp3) is 0.385. The van der Waals surface area contributed by atoms with E-state index in [4.69, 9.17) is 4.74 Å². The SMILES string of the molecule is CCOC(=O)CCNC(=O)NCc1ccccc1F. The summed E-state index contributed by atoms with van der Waals surface area (Å²) in [5.74, 6) is -0.730. The standard InChI is InChI=1S/C13H17FN2O3/c1-2-19-12(17)7-8-15-13(18)16-9-10-5-3-4-6-11(10)14/h3-6H,2,7-9H2,1H3,(H2,15,16,18). The van der Waals surface area contributed by atoms with Crippen molar-refractivity contribution >= 4 is 12.0 Å². The van der Waals surface area contributed by atoms with E-state index >= 15 is 0 Å². The van der Waals surface area contributed by atoms with Crippen LogP contribution < -0.4 is 10.6 Å². The maximum Gasteiger partial charge on any atom is 0.315 e. The number of benzene rings is 1. The van der Waals surface area contributed by atoms with Crippen LogP contribution in [0.5, 0.6) is 0 Å². The van der Waals surface area contributed by atoms with E-state index in [2.05, 4.69) is 10.6 Å². The fourth-order valence-corrected chi connectivity index (χ4v) is 1.39. The molecule has 0 aliphatic heterocycles. The van der Waals surface area contributed by atoms with Crippen LogP contribution in [0.25, 0.3) is 0 Å². The van der Waals surface area contributed by atoms with Gasteiger partial charge in [0.05, 0.1) is 13.0 Å². The van der Waals surface area contributed by atoms with Crippen molar-refractivity contribution in [3.05, 3.63) is 35.6 Å². The first-order valence-electron chi connectivity index (χ1n) is 6.04. The monoisotopic (exact) mass is 268 g/mol. The van der Waals surface area contributed by atoms with Crippen molar-refractivity contribution in [2.45, 2.75) is 19.9 Å². The molecule has 0 atom stereocenters. The number of ether oxygens (including phenoxy) is 1. The van der Waals surface area contributed by atoms with Gasteiger partial charge in [0.15, 0.2) is 0 Å². The van der Waals surface area contributed by atoms with Crippen molar-refractivity contribution in [3.63, 3.8) is 0 Å². The number of carbonyl (C=O) groups excluding carboxylic acids is 2. The molecule has 0 radical (unpaired) electrons. The zero-order valence-electron chi connectivity index (χ0n) is 10.7. The Kier molecular flexibility index (Phi) is 6.35. The molecule has 6 heteroatoms. The number of halogens is 1. The first kappa shape index (κ1) is 14.9. The molecule has 2 amide bonds. The van der Waals surface area contributed by atoms with Gasteiger partial charge < -0.3 is 15.4 Å². The van der Waals surface area contributed by atoms with Crippen LogP contribution in [0.4, 0.5) is 9.18 Å². The summed E-state index contributed by atoms with van der Waals surface area (Å²) >= 11 is 0. The Labute approximate surface area is 111 Å².